The standard InChI is InChI=1S/C18H17NO3/c1-13(12-14-8-4-3-5-9-14)17(20)19-16-11-7-6-10-15(16)18(21)22-2/h3-12H,1-2H3,(H,19,20)/b13-12-. The van der Waals surface area contributed by atoms with Crippen LogP contribution in [0.4, 0.5) is 5.69 Å². The molecule has 0 heterocycles. The maximum atomic E-state index is 12.2. The van der Waals surface area contributed by atoms with E-state index in [1.165, 1.54) is 7.11 Å². The van der Waals surface area contributed by atoms with Crippen molar-refractivity contribution in [2.75, 3.05) is 12.4 Å². The van der Waals surface area contributed by atoms with E-state index in [9.17, 15) is 9.59 Å². The van der Waals surface area contributed by atoms with E-state index >= 15 is 0 Å². The van der Waals surface area contributed by atoms with Crippen molar-refractivity contribution in [1.82, 2.24) is 0 Å². The van der Waals surface area contributed by atoms with Crippen LogP contribution >= 0.6 is 0 Å². The number of methoxy groups -OCH3 is 1. The van der Waals surface area contributed by atoms with Crippen molar-refractivity contribution in [2.45, 2.75) is 6.92 Å². The Hall–Kier alpha value is -2.88. The van der Waals surface area contributed by atoms with Crippen molar-refractivity contribution in [3.05, 3.63) is 71.3 Å². The average Bonchev–Trinajstić information content (AvgIpc) is 2.55. The van der Waals surface area contributed by atoms with E-state index in [4.69, 9.17) is 4.74 Å². The van der Waals surface area contributed by atoms with Crippen LogP contribution in [0.15, 0.2) is 60.2 Å². The minimum atomic E-state index is -0.486. The number of benzene rings is 2. The van der Waals surface area contributed by atoms with E-state index in [0.29, 0.717) is 16.8 Å². The minimum absolute atomic E-state index is 0.264. The molecule has 2 aromatic rings. The van der Waals surface area contributed by atoms with Gasteiger partial charge in [-0.3, -0.25) is 4.79 Å². The third-order valence-electron chi connectivity index (χ3n) is 3.12. The number of ether oxygens (including phenoxy) is 1. The maximum absolute atomic E-state index is 12.2. The molecule has 0 aliphatic rings. The molecular weight excluding hydrogens is 278 g/mol. The van der Waals surface area contributed by atoms with Gasteiger partial charge < -0.3 is 10.1 Å². The number of carbonyl (C=O) groups excluding carboxylic acids is 2. The smallest absolute Gasteiger partial charge is 0.339 e. The first-order valence-corrected chi connectivity index (χ1v) is 6.84. The van der Waals surface area contributed by atoms with Gasteiger partial charge in [-0.05, 0) is 30.7 Å². The van der Waals surface area contributed by atoms with Gasteiger partial charge in [-0.2, -0.15) is 0 Å². The van der Waals surface area contributed by atoms with Gasteiger partial charge in [0, 0.05) is 5.57 Å². The fourth-order valence-corrected chi connectivity index (χ4v) is 1.97. The number of amides is 1. The highest BCUT2D eigenvalue weighted by molar-refractivity contribution is 6.09. The second kappa shape index (κ2) is 7.22. The lowest BCUT2D eigenvalue weighted by molar-refractivity contribution is -0.112. The number of nitrogens with one attached hydrogen (secondary N) is 1. The number of carbonyl (C=O) groups is 2. The summed E-state index contributed by atoms with van der Waals surface area (Å²) >= 11 is 0. The number of hydrogen-bond donors (Lipinski definition) is 1. The number of anilines is 1. The molecule has 112 valence electrons. The van der Waals surface area contributed by atoms with Gasteiger partial charge in [0.05, 0.1) is 18.4 Å². The zero-order valence-electron chi connectivity index (χ0n) is 12.5. The van der Waals surface area contributed by atoms with Crippen LogP contribution in [-0.2, 0) is 9.53 Å². The highest BCUT2D eigenvalue weighted by Crippen LogP contribution is 2.17. The largest absolute Gasteiger partial charge is 0.465 e. The molecule has 0 aromatic heterocycles. The summed E-state index contributed by atoms with van der Waals surface area (Å²) in [4.78, 5) is 23.9. The highest BCUT2D eigenvalue weighted by Gasteiger charge is 2.13. The van der Waals surface area contributed by atoms with Crippen molar-refractivity contribution < 1.29 is 14.3 Å². The Morgan fingerprint density at radius 1 is 1.00 bits per heavy atom. The van der Waals surface area contributed by atoms with Crippen LogP contribution in [0.25, 0.3) is 6.08 Å². The average molecular weight is 295 g/mol. The summed E-state index contributed by atoms with van der Waals surface area (Å²) in [5.74, 6) is -0.749. The van der Waals surface area contributed by atoms with Gasteiger partial charge in [0.15, 0.2) is 0 Å². The molecule has 0 aliphatic carbocycles. The maximum Gasteiger partial charge on any atom is 0.339 e. The number of esters is 1. The van der Waals surface area contributed by atoms with Crippen molar-refractivity contribution in [3.8, 4) is 0 Å². The lowest BCUT2D eigenvalue weighted by Crippen LogP contribution is -2.15. The van der Waals surface area contributed by atoms with Gasteiger partial charge in [0.1, 0.15) is 0 Å². The van der Waals surface area contributed by atoms with Gasteiger partial charge in [-0.25, -0.2) is 4.79 Å². The predicted molar refractivity (Wildman–Crippen MR) is 86.5 cm³/mol. The van der Waals surface area contributed by atoms with Gasteiger partial charge in [0.25, 0.3) is 5.91 Å². The van der Waals surface area contributed by atoms with Gasteiger partial charge in [0.2, 0.25) is 0 Å². The summed E-state index contributed by atoms with van der Waals surface area (Å²) in [6.45, 7) is 1.73. The Kier molecular flexibility index (Phi) is 5.09. The molecule has 1 amide bonds. The molecule has 22 heavy (non-hydrogen) atoms. The fourth-order valence-electron chi connectivity index (χ4n) is 1.97. The fraction of sp³-hybridized carbons (Fsp3) is 0.111. The molecule has 0 saturated carbocycles. The van der Waals surface area contributed by atoms with Crippen LogP contribution in [0, 0.1) is 0 Å². The monoisotopic (exact) mass is 295 g/mol. The van der Waals surface area contributed by atoms with Crippen LogP contribution in [0.5, 0.6) is 0 Å². The predicted octanol–water partition coefficient (Wildman–Crippen LogP) is 3.52. The third kappa shape index (κ3) is 3.82. The molecule has 4 heteroatoms. The van der Waals surface area contributed by atoms with Crippen molar-refractivity contribution in [2.24, 2.45) is 0 Å². The molecule has 2 rings (SSSR count). The molecule has 0 radical (unpaired) electrons. The van der Waals surface area contributed by atoms with Crippen LogP contribution in [0.2, 0.25) is 0 Å². The Bertz CT molecular complexity index is 705. The second-order valence-corrected chi connectivity index (χ2v) is 4.73. The molecule has 1 N–H and O–H groups in total. The van der Waals surface area contributed by atoms with Crippen molar-refractivity contribution >= 4 is 23.6 Å². The molecule has 0 aliphatic heterocycles. The lowest BCUT2D eigenvalue weighted by atomic mass is 10.1. The summed E-state index contributed by atoms with van der Waals surface area (Å²) in [6, 6.07) is 16.3. The zero-order valence-corrected chi connectivity index (χ0v) is 12.5. The Labute approximate surface area is 129 Å². The molecule has 2 aromatic carbocycles. The Morgan fingerprint density at radius 3 is 2.32 bits per heavy atom. The summed E-state index contributed by atoms with van der Waals surface area (Å²) < 4.78 is 4.71. The minimum Gasteiger partial charge on any atom is -0.465 e. The summed E-state index contributed by atoms with van der Waals surface area (Å²) in [5.41, 5.74) is 2.24. The molecule has 0 atom stereocenters. The molecule has 0 unspecified atom stereocenters. The van der Waals surface area contributed by atoms with E-state index in [2.05, 4.69) is 5.32 Å². The van der Waals surface area contributed by atoms with E-state index in [0.717, 1.165) is 5.56 Å². The molecule has 0 spiro atoms. The van der Waals surface area contributed by atoms with Crippen molar-refractivity contribution in [1.29, 1.82) is 0 Å². The number of para-hydroxylation sites is 1. The van der Waals surface area contributed by atoms with E-state index in [-0.39, 0.29) is 5.91 Å². The second-order valence-electron chi connectivity index (χ2n) is 4.73. The van der Waals surface area contributed by atoms with Crippen molar-refractivity contribution in [3.63, 3.8) is 0 Å². The molecule has 0 fully saturated rings. The quantitative estimate of drug-likeness (QED) is 0.693. The first-order chi connectivity index (χ1) is 10.6. The summed E-state index contributed by atoms with van der Waals surface area (Å²) in [5, 5.41) is 2.74. The molecular formula is C18H17NO3. The first kappa shape index (κ1) is 15.5. The first-order valence-electron chi connectivity index (χ1n) is 6.84. The lowest BCUT2D eigenvalue weighted by Gasteiger charge is -2.09. The Balaban J connectivity index is 2.19. The van der Waals surface area contributed by atoms with Crippen LogP contribution in [0.1, 0.15) is 22.8 Å². The van der Waals surface area contributed by atoms with Gasteiger partial charge in [-0.1, -0.05) is 42.5 Å². The molecule has 4 nitrogen and oxygen atoms in total. The van der Waals surface area contributed by atoms with Crippen LogP contribution in [0.3, 0.4) is 0 Å². The summed E-state index contributed by atoms with van der Waals surface area (Å²) in [6.07, 6.45) is 1.79. The topological polar surface area (TPSA) is 55.4 Å². The summed E-state index contributed by atoms with van der Waals surface area (Å²) in [7, 11) is 1.31. The van der Waals surface area contributed by atoms with Gasteiger partial charge in [-0.15, -0.1) is 0 Å². The Morgan fingerprint density at radius 2 is 1.64 bits per heavy atom. The highest BCUT2D eigenvalue weighted by atomic mass is 16.5. The zero-order chi connectivity index (χ0) is 15.9. The van der Waals surface area contributed by atoms with Crippen LogP contribution in [-0.4, -0.2) is 19.0 Å². The third-order valence-corrected chi connectivity index (χ3v) is 3.12. The van der Waals surface area contributed by atoms with Gasteiger partial charge >= 0.3 is 5.97 Å². The van der Waals surface area contributed by atoms with E-state index < -0.39 is 5.97 Å². The van der Waals surface area contributed by atoms with E-state index in [1.807, 2.05) is 30.3 Å². The normalized spacial score (nSPS) is 10.9. The molecule has 0 bridgehead atoms. The molecule has 0 saturated heterocycles. The van der Waals surface area contributed by atoms with E-state index in [1.54, 1.807) is 37.3 Å². The van der Waals surface area contributed by atoms with Crippen LogP contribution < -0.4 is 5.32 Å². The number of hydrogen-bond acceptors (Lipinski definition) is 3. The SMILES string of the molecule is COC(=O)c1ccccc1NC(=O)/C(C)=C\c1ccccc1. The number of rotatable bonds is 4.